The Kier molecular flexibility index (Phi) is 3.37. The lowest BCUT2D eigenvalue weighted by Gasteiger charge is -2.37. The molecule has 2 saturated heterocycles. The molecule has 2 atom stereocenters. The molecule has 0 spiro atoms. The monoisotopic (exact) mass is 326 g/mol. The molecule has 1 amide bonds. The maximum Gasteiger partial charge on any atom is 0.306 e. The van der Waals surface area contributed by atoms with E-state index in [9.17, 15) is 14.7 Å². The number of aliphatic carboxylic acids is 1. The molecule has 24 heavy (non-hydrogen) atoms. The molecule has 0 saturated carbocycles. The second-order valence-corrected chi connectivity index (χ2v) is 6.61. The normalized spacial score (nSPS) is 25.8. The van der Waals surface area contributed by atoms with Crippen molar-refractivity contribution in [2.75, 3.05) is 5.73 Å². The van der Waals surface area contributed by atoms with Crippen molar-refractivity contribution in [3.05, 3.63) is 30.0 Å². The number of fused-ring (bicyclic) bond motifs is 3. The Labute approximate surface area is 138 Å². The number of nitrogens with zero attached hydrogens (tertiary/aromatic N) is 3. The van der Waals surface area contributed by atoms with Crippen LogP contribution in [0.25, 0.3) is 10.9 Å². The number of hydrogen-bond donors (Lipinski definition) is 2. The van der Waals surface area contributed by atoms with E-state index >= 15 is 0 Å². The average molecular weight is 326 g/mol. The van der Waals surface area contributed by atoms with Gasteiger partial charge in [-0.05, 0) is 43.9 Å². The van der Waals surface area contributed by atoms with Gasteiger partial charge in [0, 0.05) is 29.2 Å². The van der Waals surface area contributed by atoms with Gasteiger partial charge in [-0.25, -0.2) is 9.97 Å². The van der Waals surface area contributed by atoms with Crippen LogP contribution in [-0.4, -0.2) is 43.9 Å². The van der Waals surface area contributed by atoms with E-state index in [0.29, 0.717) is 23.9 Å². The SMILES string of the molecule is Nc1ncc2cc(C(=O)N3C4CCC3CC(C(=O)O)C4)ccc2n1. The zero-order valence-corrected chi connectivity index (χ0v) is 13.1. The van der Waals surface area contributed by atoms with Gasteiger partial charge >= 0.3 is 5.97 Å². The summed E-state index contributed by atoms with van der Waals surface area (Å²) in [5, 5.41) is 10.0. The van der Waals surface area contributed by atoms with Crippen molar-refractivity contribution in [3.63, 3.8) is 0 Å². The Morgan fingerprint density at radius 1 is 1.21 bits per heavy atom. The topological polar surface area (TPSA) is 109 Å². The van der Waals surface area contributed by atoms with E-state index < -0.39 is 5.97 Å². The lowest BCUT2D eigenvalue weighted by molar-refractivity contribution is -0.144. The van der Waals surface area contributed by atoms with Crippen LogP contribution in [0.5, 0.6) is 0 Å². The molecule has 0 radical (unpaired) electrons. The van der Waals surface area contributed by atoms with E-state index in [4.69, 9.17) is 5.73 Å². The largest absolute Gasteiger partial charge is 0.481 e. The minimum atomic E-state index is -0.751. The van der Waals surface area contributed by atoms with Gasteiger partial charge in [0.15, 0.2) is 0 Å². The highest BCUT2D eigenvalue weighted by Crippen LogP contribution is 2.39. The van der Waals surface area contributed by atoms with E-state index in [1.54, 1.807) is 24.4 Å². The number of nitrogen functional groups attached to an aromatic ring is 1. The molecule has 124 valence electrons. The lowest BCUT2D eigenvalue weighted by Crippen LogP contribution is -2.47. The first-order valence-corrected chi connectivity index (χ1v) is 8.10. The van der Waals surface area contributed by atoms with E-state index in [1.807, 2.05) is 4.90 Å². The fourth-order valence-electron chi connectivity index (χ4n) is 4.04. The molecule has 1 aromatic carbocycles. The second kappa shape index (κ2) is 5.43. The minimum absolute atomic E-state index is 0.0238. The van der Waals surface area contributed by atoms with Crippen LogP contribution in [0.2, 0.25) is 0 Å². The molecule has 3 N–H and O–H groups in total. The number of anilines is 1. The third kappa shape index (κ3) is 2.36. The van der Waals surface area contributed by atoms with Gasteiger partial charge in [-0.1, -0.05) is 0 Å². The molecule has 7 nitrogen and oxygen atoms in total. The van der Waals surface area contributed by atoms with Crippen LogP contribution in [0.15, 0.2) is 24.4 Å². The lowest BCUT2D eigenvalue weighted by atomic mass is 9.90. The van der Waals surface area contributed by atoms with Crippen LogP contribution in [0.4, 0.5) is 5.95 Å². The fraction of sp³-hybridized carbons (Fsp3) is 0.412. The molecule has 3 heterocycles. The zero-order valence-electron chi connectivity index (χ0n) is 13.1. The predicted molar refractivity (Wildman–Crippen MR) is 87.3 cm³/mol. The van der Waals surface area contributed by atoms with Crippen LogP contribution in [-0.2, 0) is 4.79 Å². The van der Waals surface area contributed by atoms with Crippen LogP contribution in [0.1, 0.15) is 36.0 Å². The molecule has 2 unspecified atom stereocenters. The highest BCUT2D eigenvalue weighted by Gasteiger charge is 2.45. The van der Waals surface area contributed by atoms with Gasteiger partial charge in [0.1, 0.15) is 0 Å². The van der Waals surface area contributed by atoms with Crippen molar-refractivity contribution in [2.45, 2.75) is 37.8 Å². The van der Waals surface area contributed by atoms with Gasteiger partial charge in [-0.15, -0.1) is 0 Å². The standard InChI is InChI=1S/C17H18N4O3/c18-17-19-8-11-5-9(1-4-14(11)20-17)15(22)21-12-2-3-13(21)7-10(6-12)16(23)24/h1,4-5,8,10,12-13H,2-3,6-7H2,(H,23,24)(H2,18,19,20). The molecule has 2 aliphatic heterocycles. The number of carbonyl (C=O) groups excluding carboxylic acids is 1. The Morgan fingerprint density at radius 3 is 2.58 bits per heavy atom. The summed E-state index contributed by atoms with van der Waals surface area (Å²) in [6.07, 6.45) is 4.47. The van der Waals surface area contributed by atoms with E-state index in [1.165, 1.54) is 0 Å². The van der Waals surface area contributed by atoms with Gasteiger partial charge in [-0.2, -0.15) is 0 Å². The molecular weight excluding hydrogens is 308 g/mol. The van der Waals surface area contributed by atoms with E-state index in [0.717, 1.165) is 18.2 Å². The molecule has 7 heteroatoms. The number of carboxylic acids is 1. The maximum atomic E-state index is 13.0. The van der Waals surface area contributed by atoms with E-state index in [2.05, 4.69) is 9.97 Å². The zero-order chi connectivity index (χ0) is 16.8. The first-order chi connectivity index (χ1) is 11.5. The second-order valence-electron chi connectivity index (χ2n) is 6.61. The Hall–Kier alpha value is -2.70. The first-order valence-electron chi connectivity index (χ1n) is 8.10. The van der Waals surface area contributed by atoms with E-state index in [-0.39, 0.29) is 29.9 Å². The summed E-state index contributed by atoms with van der Waals surface area (Å²) in [7, 11) is 0. The molecule has 2 aliphatic rings. The Morgan fingerprint density at radius 2 is 1.92 bits per heavy atom. The predicted octanol–water partition coefficient (Wildman–Crippen LogP) is 1.68. The highest BCUT2D eigenvalue weighted by molar-refractivity contribution is 5.98. The average Bonchev–Trinajstić information content (AvgIpc) is 2.82. The quantitative estimate of drug-likeness (QED) is 0.869. The number of benzene rings is 1. The van der Waals surface area contributed by atoms with Crippen molar-refractivity contribution in [2.24, 2.45) is 5.92 Å². The van der Waals surface area contributed by atoms with Crippen molar-refractivity contribution in [1.82, 2.24) is 14.9 Å². The Bertz CT molecular complexity index is 824. The summed E-state index contributed by atoms with van der Waals surface area (Å²) in [5.41, 5.74) is 6.86. The number of carbonyl (C=O) groups is 2. The summed E-state index contributed by atoms with van der Waals surface area (Å²) >= 11 is 0. The van der Waals surface area contributed by atoms with Crippen molar-refractivity contribution >= 4 is 28.7 Å². The minimum Gasteiger partial charge on any atom is -0.481 e. The summed E-state index contributed by atoms with van der Waals surface area (Å²) in [6, 6.07) is 5.35. The molecular formula is C17H18N4O3. The number of nitrogens with two attached hydrogens (primary N) is 1. The number of aromatic nitrogens is 2. The number of piperidine rings is 1. The summed E-state index contributed by atoms with van der Waals surface area (Å²) in [4.78, 5) is 34.2. The Balaban J connectivity index is 1.62. The smallest absolute Gasteiger partial charge is 0.306 e. The van der Waals surface area contributed by atoms with Crippen LogP contribution >= 0.6 is 0 Å². The van der Waals surface area contributed by atoms with Crippen molar-refractivity contribution in [1.29, 1.82) is 0 Å². The van der Waals surface area contributed by atoms with Gasteiger partial charge < -0.3 is 15.7 Å². The van der Waals surface area contributed by atoms with Crippen LogP contribution in [0.3, 0.4) is 0 Å². The first kappa shape index (κ1) is 14.9. The number of carboxylic acid groups (broad SMARTS) is 1. The third-order valence-corrected chi connectivity index (χ3v) is 5.16. The molecule has 1 aromatic heterocycles. The number of amides is 1. The fourth-order valence-corrected chi connectivity index (χ4v) is 4.04. The van der Waals surface area contributed by atoms with Gasteiger partial charge in [0.05, 0.1) is 11.4 Å². The molecule has 0 aliphatic carbocycles. The number of rotatable bonds is 2. The van der Waals surface area contributed by atoms with Crippen molar-refractivity contribution < 1.29 is 14.7 Å². The third-order valence-electron chi connectivity index (χ3n) is 5.16. The molecule has 2 fully saturated rings. The molecule has 4 rings (SSSR count). The summed E-state index contributed by atoms with van der Waals surface area (Å²) in [6.45, 7) is 0. The van der Waals surface area contributed by atoms with Crippen LogP contribution in [0, 0.1) is 5.92 Å². The van der Waals surface area contributed by atoms with Crippen LogP contribution < -0.4 is 5.73 Å². The van der Waals surface area contributed by atoms with Gasteiger partial charge in [-0.3, -0.25) is 9.59 Å². The van der Waals surface area contributed by atoms with Gasteiger partial charge in [0.2, 0.25) is 5.95 Å². The molecule has 2 aromatic rings. The number of hydrogen-bond acceptors (Lipinski definition) is 5. The highest BCUT2D eigenvalue weighted by atomic mass is 16.4. The summed E-state index contributed by atoms with van der Waals surface area (Å²) < 4.78 is 0. The summed E-state index contributed by atoms with van der Waals surface area (Å²) in [5.74, 6) is -0.917. The van der Waals surface area contributed by atoms with Crippen molar-refractivity contribution in [3.8, 4) is 0 Å². The molecule has 2 bridgehead atoms. The maximum absolute atomic E-state index is 13.0. The van der Waals surface area contributed by atoms with Gasteiger partial charge in [0.25, 0.3) is 5.91 Å².